The molecule has 2 unspecified atom stereocenters. The first-order valence-corrected chi connectivity index (χ1v) is 37.2. The minimum atomic E-state index is -1.69. The number of unbranched alkanes of at least 4 members (excludes halogenated alkanes) is 1. The van der Waals surface area contributed by atoms with Crippen LogP contribution in [0.2, 0.25) is 0 Å². The number of Topliss-reactive ketones (excluding diaryl/α,β-unsaturated/α-hetero) is 2. The number of allylic oxidation sites excluding steroid dienone is 1. The minimum Gasteiger partial charge on any atom is -0.396 e. The number of fused-ring (bicyclic) bond motifs is 2. The van der Waals surface area contributed by atoms with Crippen LogP contribution in [0.15, 0.2) is 59.9 Å². The molecule has 607 valence electrons. The molecule has 0 bridgehead atoms. The van der Waals surface area contributed by atoms with Gasteiger partial charge >= 0.3 is 0 Å². The number of amides is 5. The van der Waals surface area contributed by atoms with Gasteiger partial charge in [0.2, 0.25) is 29.5 Å². The van der Waals surface area contributed by atoms with Crippen molar-refractivity contribution in [2.45, 2.75) is 218 Å². The number of aliphatic hydroxyl groups is 6. The van der Waals surface area contributed by atoms with Gasteiger partial charge in [0.05, 0.1) is 119 Å². The Labute approximate surface area is 639 Å². The van der Waals surface area contributed by atoms with Crippen LogP contribution in [0.4, 0.5) is 5.69 Å². The topological polar surface area (TPSA) is 466 Å². The van der Waals surface area contributed by atoms with Crippen molar-refractivity contribution in [2.24, 2.45) is 29.4 Å². The summed E-state index contributed by atoms with van der Waals surface area (Å²) in [6.45, 7) is 15.5. The highest BCUT2D eigenvalue weighted by Gasteiger charge is 2.52. The number of ketones is 2. The lowest BCUT2D eigenvalue weighted by Gasteiger charge is -2.48. The number of aliphatic hydroxyl groups excluding tert-OH is 6. The van der Waals surface area contributed by atoms with Crippen molar-refractivity contribution in [2.75, 3.05) is 90.7 Å². The molecule has 3 radical (unpaired) electrons. The summed E-state index contributed by atoms with van der Waals surface area (Å²) in [4.78, 5) is 95.4. The minimum absolute atomic E-state index is 0. The smallest absolute Gasteiger partial charge is 0.246 e. The fourth-order valence-corrected chi connectivity index (χ4v) is 13.3. The van der Waals surface area contributed by atoms with E-state index in [0.717, 1.165) is 41.6 Å². The first-order chi connectivity index (χ1) is 50.3. The van der Waals surface area contributed by atoms with Gasteiger partial charge in [0.15, 0.2) is 18.3 Å². The molecule has 0 spiro atoms. The van der Waals surface area contributed by atoms with Gasteiger partial charge in [-0.3, -0.25) is 38.6 Å². The number of rotatable bonds is 42. The number of nitrogens with zero attached hydrogens (tertiary/aromatic N) is 2. The second-order valence-corrected chi connectivity index (χ2v) is 28.4. The zero-order chi connectivity index (χ0) is 76.3. The van der Waals surface area contributed by atoms with E-state index < -0.39 is 116 Å². The number of hydrazine groups is 2. The van der Waals surface area contributed by atoms with Crippen LogP contribution in [0.25, 0.3) is 11.4 Å². The number of benzene rings is 2. The fourth-order valence-electron chi connectivity index (χ4n) is 13.3. The normalized spacial score (nSPS) is 24.3. The van der Waals surface area contributed by atoms with Gasteiger partial charge < -0.3 is 117 Å². The van der Waals surface area contributed by atoms with Crippen molar-refractivity contribution in [3.8, 4) is 0 Å². The Kier molecular flexibility index (Phi) is 41.6. The van der Waals surface area contributed by atoms with E-state index in [2.05, 4.69) is 37.5 Å². The molecule has 1 aliphatic carbocycles. The molecule has 5 aliphatic rings. The van der Waals surface area contributed by atoms with E-state index in [-0.39, 0.29) is 170 Å². The van der Waals surface area contributed by atoms with Gasteiger partial charge in [-0.1, -0.05) is 96.8 Å². The van der Waals surface area contributed by atoms with Crippen LogP contribution in [0.1, 0.15) is 149 Å². The largest absolute Gasteiger partial charge is 0.396 e. The summed E-state index contributed by atoms with van der Waals surface area (Å²) >= 11 is 0. The molecule has 15 atom stereocenters. The predicted molar refractivity (Wildman–Crippen MR) is 407 cm³/mol. The van der Waals surface area contributed by atoms with Gasteiger partial charge in [-0.2, -0.15) is 9.90 Å². The number of anilines is 1. The monoisotopic (exact) mass is 1540 g/mol. The van der Waals surface area contributed by atoms with Crippen LogP contribution in [0, 0.1) is 23.7 Å². The van der Waals surface area contributed by atoms with Crippen molar-refractivity contribution >= 4 is 76.5 Å². The maximum atomic E-state index is 14.0. The molecule has 7 rings (SSSR count). The van der Waals surface area contributed by atoms with Gasteiger partial charge in [0.1, 0.15) is 55.1 Å². The molecular weight excluding hydrogens is 1420 g/mol. The van der Waals surface area contributed by atoms with Crippen molar-refractivity contribution in [3.63, 3.8) is 0 Å². The quantitative estimate of drug-likeness (QED) is 0.0251. The first-order valence-electron chi connectivity index (χ1n) is 37.2. The second kappa shape index (κ2) is 47.8. The first kappa shape index (κ1) is 94.0. The van der Waals surface area contributed by atoms with Crippen LogP contribution >= 0.6 is 9.90 Å². The van der Waals surface area contributed by atoms with Crippen LogP contribution in [0.5, 0.6) is 0 Å². The van der Waals surface area contributed by atoms with E-state index >= 15 is 0 Å². The Hall–Kier alpha value is -6.34. The lowest BCUT2D eigenvalue weighted by molar-refractivity contribution is -0.344. The molecule has 18 N–H and O–H groups in total. The molecule has 34 heteroatoms. The summed E-state index contributed by atoms with van der Waals surface area (Å²) in [5, 5.41) is 80.9. The molecule has 0 saturated carbocycles. The maximum absolute atomic E-state index is 14.0. The van der Waals surface area contributed by atoms with Crippen molar-refractivity contribution in [1.82, 2.24) is 48.7 Å². The summed E-state index contributed by atoms with van der Waals surface area (Å²) < 4.78 is 46.4. The Balaban J connectivity index is 0.00000821. The third-order valence-corrected chi connectivity index (χ3v) is 19.3. The maximum Gasteiger partial charge on any atom is 0.246 e. The molecule has 4 heterocycles. The number of carbonyl (C=O) groups excluding carboxylic acids is 7. The van der Waals surface area contributed by atoms with Gasteiger partial charge in [-0.25, -0.2) is 0 Å². The number of para-hydroxylation sites is 1. The average Bonchev–Trinajstić information content (AvgIpc) is 1.59. The van der Waals surface area contributed by atoms with Crippen molar-refractivity contribution in [1.29, 1.82) is 0 Å². The van der Waals surface area contributed by atoms with E-state index in [0.29, 0.717) is 55.0 Å². The van der Waals surface area contributed by atoms with E-state index in [1.807, 2.05) is 62.4 Å². The molecule has 0 aromatic heterocycles. The van der Waals surface area contributed by atoms with E-state index in [1.165, 1.54) is 5.01 Å². The highest BCUT2D eigenvalue weighted by molar-refractivity contribution is 6.92. The highest BCUT2D eigenvalue weighted by atomic mass is 31.0. The Morgan fingerprint density at radius 1 is 0.694 bits per heavy atom. The molecule has 108 heavy (non-hydrogen) atoms. The summed E-state index contributed by atoms with van der Waals surface area (Å²) in [5.74, 6) is -4.11. The Bertz CT molecular complexity index is 3210. The van der Waals surface area contributed by atoms with Gasteiger partial charge in [0.25, 0.3) is 0 Å². The summed E-state index contributed by atoms with van der Waals surface area (Å²) in [6.07, 6.45) is -9.16. The lowest BCUT2D eigenvalue weighted by Crippen LogP contribution is -2.67. The molecule has 2 aromatic rings. The average molecular weight is 1540 g/mol. The van der Waals surface area contributed by atoms with Crippen LogP contribution in [-0.2, 0) is 78.0 Å². The third kappa shape index (κ3) is 27.3. The zero-order valence-corrected chi connectivity index (χ0v) is 65.5. The van der Waals surface area contributed by atoms with E-state index in [9.17, 15) is 64.2 Å². The number of nitrogens with one attached hydrogen (secondary N) is 7. The summed E-state index contributed by atoms with van der Waals surface area (Å²) in [7, 11) is 0. The van der Waals surface area contributed by atoms with Crippen LogP contribution in [0.3, 0.4) is 0 Å². The second-order valence-electron chi connectivity index (χ2n) is 28.4. The molecular formula is C74H122BN11O21P. The summed E-state index contributed by atoms with van der Waals surface area (Å²) in [6, 6.07) is 13.5. The van der Waals surface area contributed by atoms with Crippen molar-refractivity contribution < 1.29 is 102 Å². The Morgan fingerprint density at radius 3 is 1.99 bits per heavy atom. The molecule has 5 amide bonds. The standard InChI is InChI=1S/C74H116N10O21.B.H3N.H3P/c1-43(2)63(54(87)38-46(7)66(92)44(3)4)80-72(97)51(21-16-17-28-76-60(90)42-102-55-24-11-9-10-23-53-65(55)81-82-84(53)73-69(95)68(94)71(57(41-86)103-73)105-74-70(96)67(93)47(8)56(40-85)104-74)79-59(89)27-30-98-32-34-100-36-37-101-35-33-99-31-29-77-58(88)25-26-61(91)83-39-48-18-12-13-19-49(48)64(78-45(5)6)62(75)50-20-14-15-22-52(50)83;;;/h12-15,18-20,22,43-47,51,55-57,63,67-71,73-74,78,81-82,85-86,93-96H,9-11,16-17,21,23-42,75H2,1-8H3,(H,76,90)(H,77,88)(H,79,89)(H,80,97);;2*1H3/b64-62-;;;/t46-,47-,51-,55?,56-,57-,63+,67+,68-,69-,70-,71-,73+,74-;;;/m1.../s1. The number of nitrogens with two attached hydrogens (primary N) is 1. The van der Waals surface area contributed by atoms with E-state index in [1.54, 1.807) is 46.4 Å². The molecule has 4 aliphatic heterocycles. The van der Waals surface area contributed by atoms with Crippen molar-refractivity contribution in [3.05, 3.63) is 76.6 Å². The van der Waals surface area contributed by atoms with Gasteiger partial charge in [-0.15, -0.1) is 5.53 Å². The van der Waals surface area contributed by atoms with Gasteiger partial charge in [0, 0.05) is 82.1 Å². The SMILES string of the molecule is CC(C)N/C1=C(\N)c2ccccc2N(C(=O)CCC(=O)NCCOCCOCCOCCOCCC(=O)N[C@H](CCCCNC(=O)COC2CCCCCC3=C2NNN3[C@H]2O[C@H](CO)[C@@H](O[C@H]3O[C@H](CO)[C@@H](C)[C@H](O)[C@H]3O)[C@H](O)[C@H]2O)C(=O)N[C@H](C(=O)C[C@@H](C)C(=O)C(C)C)C(C)C)Cc2ccccc21.N.P.[B]. The molecule has 32 nitrogen and oxygen atoms in total. The molecule has 2 fully saturated rings. The Morgan fingerprint density at radius 2 is 1.33 bits per heavy atom. The number of hydrogen-bond acceptors (Lipinski definition) is 27. The van der Waals surface area contributed by atoms with Gasteiger partial charge in [-0.05, 0) is 69.9 Å². The summed E-state index contributed by atoms with van der Waals surface area (Å²) in [5.41, 5.74) is 18.7. The fraction of sp³-hybridized carbons (Fsp3) is 0.689. The number of hydrogen-bond donors (Lipinski definition) is 15. The number of carbonyl (C=O) groups is 7. The van der Waals surface area contributed by atoms with Crippen LogP contribution in [-0.4, -0.2) is 250 Å². The highest BCUT2D eigenvalue weighted by Crippen LogP contribution is 2.38. The molecule has 2 saturated heterocycles. The lowest BCUT2D eigenvalue weighted by atomic mass is 9.88. The number of ether oxygens (including phenoxy) is 8. The van der Waals surface area contributed by atoms with Crippen LogP contribution < -0.4 is 54.3 Å². The van der Waals surface area contributed by atoms with E-state index in [4.69, 9.17) is 43.6 Å². The predicted octanol–water partition coefficient (Wildman–Crippen LogP) is 1.03. The zero-order valence-electron chi connectivity index (χ0n) is 64.1. The molecule has 2 aromatic carbocycles. The third-order valence-electron chi connectivity index (χ3n) is 19.3.